The molecule has 0 radical (unpaired) electrons. The largest absolute Gasteiger partial charge is 0.490 e. The fraction of sp³-hybridized carbons (Fsp3) is 0.400. The van der Waals surface area contributed by atoms with E-state index in [2.05, 4.69) is 0 Å². The highest BCUT2D eigenvalue weighted by Gasteiger charge is 2.21. The van der Waals surface area contributed by atoms with Crippen molar-refractivity contribution in [2.75, 3.05) is 6.61 Å². The van der Waals surface area contributed by atoms with Crippen LogP contribution in [-0.4, -0.2) is 11.7 Å². The van der Waals surface area contributed by atoms with E-state index in [1.54, 1.807) is 18.2 Å². The molecule has 134 valence electrons. The summed E-state index contributed by atoms with van der Waals surface area (Å²) in [6.45, 7) is 4.33. The Morgan fingerprint density at radius 3 is 2.36 bits per heavy atom. The van der Waals surface area contributed by atoms with Gasteiger partial charge in [-0.25, -0.2) is 4.39 Å². The molecule has 0 fully saturated rings. The molecule has 2 aromatic carbocycles. The minimum Gasteiger partial charge on any atom is -0.490 e. The van der Waals surface area contributed by atoms with Crippen LogP contribution in [0.1, 0.15) is 51.2 Å². The number of hydrogen-bond acceptors (Lipinski definition) is 3. The molecule has 1 atom stereocenters. The summed E-state index contributed by atoms with van der Waals surface area (Å²) in [7, 11) is 0. The number of halogens is 2. The lowest BCUT2D eigenvalue weighted by Crippen LogP contribution is -2.00. The van der Waals surface area contributed by atoms with Gasteiger partial charge in [0.05, 0.1) is 12.7 Å². The highest BCUT2D eigenvalue weighted by atomic mass is 19.1. The third kappa shape index (κ3) is 3.21. The van der Waals surface area contributed by atoms with E-state index in [1.165, 1.54) is 6.07 Å². The smallest absolute Gasteiger partial charge is 0.208 e. The maximum atomic E-state index is 14.8. The van der Waals surface area contributed by atoms with Gasteiger partial charge in [-0.05, 0) is 31.0 Å². The average molecular weight is 348 g/mol. The van der Waals surface area contributed by atoms with E-state index in [4.69, 9.17) is 9.15 Å². The van der Waals surface area contributed by atoms with Gasteiger partial charge in [0.2, 0.25) is 5.82 Å². The average Bonchev–Trinajstić information content (AvgIpc) is 3.00. The summed E-state index contributed by atoms with van der Waals surface area (Å²) in [6.07, 6.45) is 2.04. The number of aliphatic hydroxyl groups is 1. The molecule has 0 aliphatic heterocycles. The Morgan fingerprint density at radius 1 is 1.00 bits per heavy atom. The summed E-state index contributed by atoms with van der Waals surface area (Å²) in [6, 6.07) is 6.42. The molecule has 0 saturated carbocycles. The first-order chi connectivity index (χ1) is 12.1. The lowest BCUT2D eigenvalue weighted by molar-refractivity contribution is 0.160. The summed E-state index contributed by atoms with van der Waals surface area (Å²) in [4.78, 5) is 0. The van der Waals surface area contributed by atoms with Crippen LogP contribution in [0.2, 0.25) is 0 Å². The summed E-state index contributed by atoms with van der Waals surface area (Å²) >= 11 is 0. The highest BCUT2D eigenvalue weighted by molar-refractivity contribution is 6.05. The Labute approximate surface area is 145 Å². The fourth-order valence-electron chi connectivity index (χ4n) is 2.97. The Morgan fingerprint density at radius 2 is 1.68 bits per heavy atom. The Kier molecular flexibility index (Phi) is 5.23. The van der Waals surface area contributed by atoms with Crippen LogP contribution >= 0.6 is 0 Å². The zero-order valence-electron chi connectivity index (χ0n) is 14.4. The molecule has 0 unspecified atom stereocenters. The maximum Gasteiger partial charge on any atom is 0.208 e. The molecule has 0 aliphatic rings. The number of fused-ring (bicyclic) bond motifs is 3. The molecular formula is C20H22F2O3. The normalized spacial score (nSPS) is 12.8. The van der Waals surface area contributed by atoms with E-state index in [0.29, 0.717) is 23.8 Å². The Hall–Kier alpha value is -2.14. The van der Waals surface area contributed by atoms with E-state index >= 15 is 0 Å². The van der Waals surface area contributed by atoms with Gasteiger partial charge in [-0.2, -0.15) is 4.39 Å². The molecule has 25 heavy (non-hydrogen) atoms. The van der Waals surface area contributed by atoms with Gasteiger partial charge >= 0.3 is 0 Å². The van der Waals surface area contributed by atoms with Crippen LogP contribution in [0.4, 0.5) is 8.78 Å². The van der Waals surface area contributed by atoms with Gasteiger partial charge in [-0.1, -0.05) is 32.8 Å². The number of benzene rings is 2. The zero-order valence-corrected chi connectivity index (χ0v) is 14.4. The molecule has 1 aromatic heterocycles. The number of unbranched alkanes of at least 4 members (excludes halogenated alkanes) is 1. The van der Waals surface area contributed by atoms with Crippen LogP contribution in [-0.2, 0) is 0 Å². The van der Waals surface area contributed by atoms with Gasteiger partial charge in [-0.3, -0.25) is 0 Å². The minimum absolute atomic E-state index is 0.0253. The van der Waals surface area contributed by atoms with Gasteiger partial charge in [0.25, 0.3) is 0 Å². The van der Waals surface area contributed by atoms with Gasteiger partial charge in [0, 0.05) is 16.3 Å². The first kappa shape index (κ1) is 17.7. The fourth-order valence-corrected chi connectivity index (χ4v) is 2.97. The molecular weight excluding hydrogens is 326 g/mol. The SMILES string of the molecule is CCCC[C@H](O)c1ccc2c(oc3c(F)c(OCCC)ccc32)c1F. The van der Waals surface area contributed by atoms with E-state index in [1.807, 2.05) is 13.8 Å². The maximum absolute atomic E-state index is 14.8. The molecule has 0 saturated heterocycles. The van der Waals surface area contributed by atoms with Crippen molar-refractivity contribution in [2.24, 2.45) is 0 Å². The van der Waals surface area contributed by atoms with Crippen molar-refractivity contribution in [1.29, 1.82) is 0 Å². The van der Waals surface area contributed by atoms with Crippen LogP contribution in [0.3, 0.4) is 0 Å². The molecule has 3 aromatic rings. The molecule has 1 heterocycles. The van der Waals surface area contributed by atoms with Crippen LogP contribution in [0.15, 0.2) is 28.7 Å². The van der Waals surface area contributed by atoms with Gasteiger partial charge in [0.1, 0.15) is 0 Å². The lowest BCUT2D eigenvalue weighted by Gasteiger charge is -2.11. The van der Waals surface area contributed by atoms with E-state index in [0.717, 1.165) is 19.3 Å². The van der Waals surface area contributed by atoms with Crippen LogP contribution in [0.25, 0.3) is 21.9 Å². The second kappa shape index (κ2) is 7.40. The number of rotatable bonds is 7. The third-order valence-corrected chi connectivity index (χ3v) is 4.33. The molecule has 0 spiro atoms. The summed E-state index contributed by atoms with van der Waals surface area (Å²) in [5.41, 5.74) is 0.125. The molecule has 3 nitrogen and oxygen atoms in total. The van der Waals surface area contributed by atoms with Crippen molar-refractivity contribution < 1.29 is 23.0 Å². The number of furan rings is 1. The Balaban J connectivity index is 2.09. The predicted molar refractivity (Wildman–Crippen MR) is 93.9 cm³/mol. The number of ether oxygens (including phenoxy) is 1. The van der Waals surface area contributed by atoms with Crippen molar-refractivity contribution >= 4 is 21.9 Å². The van der Waals surface area contributed by atoms with E-state index < -0.39 is 17.7 Å². The van der Waals surface area contributed by atoms with E-state index in [9.17, 15) is 13.9 Å². The molecule has 3 rings (SSSR count). The predicted octanol–water partition coefficient (Wildman–Crippen LogP) is 5.88. The molecule has 0 amide bonds. The van der Waals surface area contributed by atoms with Crippen LogP contribution in [0.5, 0.6) is 5.75 Å². The van der Waals surface area contributed by atoms with E-state index in [-0.39, 0.29) is 22.5 Å². The van der Waals surface area contributed by atoms with Crippen molar-refractivity contribution in [3.8, 4) is 5.75 Å². The zero-order chi connectivity index (χ0) is 18.0. The van der Waals surface area contributed by atoms with Gasteiger partial charge < -0.3 is 14.3 Å². The number of aliphatic hydroxyl groups excluding tert-OH is 1. The standard InChI is InChI=1S/C20H22F2O3/c1-3-5-6-15(23)14-8-7-12-13-9-10-16(24-11-4-2)18(22)20(13)25-19(12)17(14)21/h7-10,15,23H,3-6,11H2,1-2H3/t15-/m0/s1. The number of hydrogen-bond donors (Lipinski definition) is 1. The monoisotopic (exact) mass is 348 g/mol. The second-order valence-electron chi connectivity index (χ2n) is 6.21. The first-order valence-electron chi connectivity index (χ1n) is 8.72. The summed E-state index contributed by atoms with van der Waals surface area (Å²) in [5, 5.41) is 11.2. The van der Waals surface area contributed by atoms with Crippen LogP contribution < -0.4 is 4.74 Å². The van der Waals surface area contributed by atoms with Gasteiger partial charge in [0.15, 0.2) is 22.7 Å². The summed E-state index contributed by atoms with van der Waals surface area (Å²) < 4.78 is 40.3. The minimum atomic E-state index is -0.897. The van der Waals surface area contributed by atoms with Crippen molar-refractivity contribution in [1.82, 2.24) is 0 Å². The molecule has 0 bridgehead atoms. The Bertz CT molecular complexity index is 886. The topological polar surface area (TPSA) is 42.6 Å². The van der Waals surface area contributed by atoms with Crippen molar-refractivity contribution in [2.45, 2.75) is 45.6 Å². The second-order valence-corrected chi connectivity index (χ2v) is 6.21. The quantitative estimate of drug-likeness (QED) is 0.580. The lowest BCUT2D eigenvalue weighted by atomic mass is 10.0. The summed E-state index contributed by atoms with van der Waals surface area (Å²) in [5.74, 6) is -1.17. The first-order valence-corrected chi connectivity index (χ1v) is 8.72. The molecule has 1 N–H and O–H groups in total. The van der Waals surface area contributed by atoms with Crippen LogP contribution in [0, 0.1) is 11.6 Å². The highest BCUT2D eigenvalue weighted by Crippen LogP contribution is 2.37. The van der Waals surface area contributed by atoms with Gasteiger partial charge in [-0.15, -0.1) is 0 Å². The van der Waals surface area contributed by atoms with Crippen molar-refractivity contribution in [3.63, 3.8) is 0 Å². The third-order valence-electron chi connectivity index (χ3n) is 4.33. The molecule has 5 heteroatoms. The van der Waals surface area contributed by atoms with Crippen molar-refractivity contribution in [3.05, 3.63) is 41.5 Å². The molecule has 0 aliphatic carbocycles.